The summed E-state index contributed by atoms with van der Waals surface area (Å²) in [7, 11) is 0. The lowest BCUT2D eigenvalue weighted by molar-refractivity contribution is 1.64. The molecule has 1 heteroatoms. The Hall–Kier alpha value is -3.17. The molecule has 6 aromatic rings. The number of benzene rings is 6. The number of rotatable bonds is 2. The van der Waals surface area contributed by atoms with Crippen LogP contribution in [0.4, 0.5) is 0 Å². The second-order valence-corrected chi connectivity index (χ2v) is 9.14. The van der Waals surface area contributed by atoms with Crippen LogP contribution in [0.2, 0.25) is 0 Å². The molecule has 0 amide bonds. The van der Waals surface area contributed by atoms with Crippen molar-refractivity contribution in [2.45, 2.75) is 0 Å². The third-order valence-corrected chi connectivity index (χ3v) is 7.05. The van der Waals surface area contributed by atoms with Crippen molar-refractivity contribution in [3.8, 4) is 22.3 Å². The predicted molar refractivity (Wildman–Crippen MR) is 143 cm³/mol. The normalized spacial score (nSPS) is 11.4. The molecule has 146 valence electrons. The lowest BCUT2D eigenvalue weighted by Crippen LogP contribution is -1.87. The SMILES string of the molecule is Ic1ccc(-c2ccc3ccccc3c2)c2ccc(-c3ccc4ccccc4c3)cc12. The van der Waals surface area contributed by atoms with Crippen LogP contribution >= 0.6 is 22.6 Å². The number of halogens is 1. The Bertz CT molecular complexity index is 1590. The minimum absolute atomic E-state index is 1.26. The van der Waals surface area contributed by atoms with Gasteiger partial charge >= 0.3 is 0 Å². The fourth-order valence-electron chi connectivity index (χ4n) is 4.47. The first-order valence-corrected chi connectivity index (χ1v) is 11.5. The third-order valence-electron chi connectivity index (χ3n) is 6.11. The van der Waals surface area contributed by atoms with E-state index in [9.17, 15) is 0 Å². The molecule has 0 bridgehead atoms. The Labute approximate surface area is 195 Å². The van der Waals surface area contributed by atoms with Crippen molar-refractivity contribution >= 4 is 54.9 Å². The van der Waals surface area contributed by atoms with Crippen molar-refractivity contribution in [2.24, 2.45) is 0 Å². The van der Waals surface area contributed by atoms with Crippen LogP contribution in [0.15, 0.2) is 115 Å². The van der Waals surface area contributed by atoms with E-state index in [0.29, 0.717) is 0 Å². The molecule has 0 aliphatic heterocycles. The average Bonchev–Trinajstić information content (AvgIpc) is 2.83. The molecule has 0 saturated heterocycles. The van der Waals surface area contributed by atoms with Crippen LogP contribution < -0.4 is 0 Å². The van der Waals surface area contributed by atoms with E-state index in [1.165, 1.54) is 58.1 Å². The van der Waals surface area contributed by atoms with Crippen LogP contribution in [0.3, 0.4) is 0 Å². The minimum Gasteiger partial charge on any atom is -0.0616 e. The van der Waals surface area contributed by atoms with Gasteiger partial charge in [0.15, 0.2) is 0 Å². The highest BCUT2D eigenvalue weighted by molar-refractivity contribution is 14.1. The summed E-state index contributed by atoms with van der Waals surface area (Å²) in [5.74, 6) is 0. The van der Waals surface area contributed by atoms with Crippen LogP contribution in [0.1, 0.15) is 0 Å². The van der Waals surface area contributed by atoms with Gasteiger partial charge in [-0.25, -0.2) is 0 Å². The highest BCUT2D eigenvalue weighted by atomic mass is 127. The van der Waals surface area contributed by atoms with Gasteiger partial charge in [-0.3, -0.25) is 0 Å². The molecule has 0 N–H and O–H groups in total. The molecule has 0 aromatic heterocycles. The summed E-state index contributed by atoms with van der Waals surface area (Å²) < 4.78 is 1.28. The summed E-state index contributed by atoms with van der Waals surface area (Å²) in [6, 6.07) is 41.9. The van der Waals surface area contributed by atoms with Gasteiger partial charge in [-0.2, -0.15) is 0 Å². The molecular formula is C30H19I. The number of hydrogen-bond donors (Lipinski definition) is 0. The largest absolute Gasteiger partial charge is 0.0616 e. The Kier molecular flexibility index (Phi) is 4.50. The van der Waals surface area contributed by atoms with Crippen LogP contribution in [-0.2, 0) is 0 Å². The molecule has 6 rings (SSSR count). The van der Waals surface area contributed by atoms with Crippen molar-refractivity contribution in [1.29, 1.82) is 0 Å². The molecule has 0 radical (unpaired) electrons. The summed E-state index contributed by atoms with van der Waals surface area (Å²) in [4.78, 5) is 0. The van der Waals surface area contributed by atoms with Crippen molar-refractivity contribution in [1.82, 2.24) is 0 Å². The number of hydrogen-bond acceptors (Lipinski definition) is 0. The first kappa shape index (κ1) is 18.6. The molecule has 0 aliphatic carbocycles. The summed E-state index contributed by atoms with van der Waals surface area (Å²) in [6.07, 6.45) is 0. The predicted octanol–water partition coefficient (Wildman–Crippen LogP) is 9.08. The molecule has 0 fully saturated rings. The van der Waals surface area contributed by atoms with Crippen LogP contribution in [0.25, 0.3) is 54.6 Å². The van der Waals surface area contributed by atoms with Crippen LogP contribution in [-0.4, -0.2) is 0 Å². The fraction of sp³-hybridized carbons (Fsp3) is 0. The summed E-state index contributed by atoms with van der Waals surface area (Å²) in [5.41, 5.74) is 5.06. The average molecular weight is 506 g/mol. The summed E-state index contributed by atoms with van der Waals surface area (Å²) >= 11 is 2.46. The van der Waals surface area contributed by atoms with E-state index in [4.69, 9.17) is 0 Å². The van der Waals surface area contributed by atoms with Gasteiger partial charge in [-0.05, 0) is 101 Å². The van der Waals surface area contributed by atoms with E-state index in [1.54, 1.807) is 0 Å². The molecule has 0 nitrogen and oxygen atoms in total. The van der Waals surface area contributed by atoms with Crippen molar-refractivity contribution in [3.63, 3.8) is 0 Å². The van der Waals surface area contributed by atoms with Gasteiger partial charge in [-0.15, -0.1) is 0 Å². The molecule has 0 saturated carbocycles. The van der Waals surface area contributed by atoms with Crippen molar-refractivity contribution in [2.75, 3.05) is 0 Å². The van der Waals surface area contributed by atoms with Crippen molar-refractivity contribution in [3.05, 3.63) is 119 Å². The van der Waals surface area contributed by atoms with Gasteiger partial charge in [0.2, 0.25) is 0 Å². The lowest BCUT2D eigenvalue weighted by atomic mass is 9.93. The van der Waals surface area contributed by atoms with E-state index in [0.717, 1.165) is 0 Å². The van der Waals surface area contributed by atoms with Crippen LogP contribution in [0.5, 0.6) is 0 Å². The monoisotopic (exact) mass is 506 g/mol. The molecule has 31 heavy (non-hydrogen) atoms. The fourth-order valence-corrected chi connectivity index (χ4v) is 5.10. The van der Waals surface area contributed by atoms with Gasteiger partial charge < -0.3 is 0 Å². The molecule has 0 heterocycles. The Morgan fingerprint density at radius 3 is 1.65 bits per heavy atom. The van der Waals surface area contributed by atoms with Crippen molar-refractivity contribution < 1.29 is 0 Å². The van der Waals surface area contributed by atoms with Gasteiger partial charge in [0.1, 0.15) is 0 Å². The minimum atomic E-state index is 1.26. The Balaban J connectivity index is 1.52. The van der Waals surface area contributed by atoms with E-state index < -0.39 is 0 Å². The zero-order chi connectivity index (χ0) is 20.8. The second kappa shape index (κ2) is 7.51. The zero-order valence-corrected chi connectivity index (χ0v) is 19.0. The molecule has 0 atom stereocenters. The smallest absolute Gasteiger partial charge is 0.0209 e. The first-order chi connectivity index (χ1) is 15.3. The van der Waals surface area contributed by atoms with E-state index >= 15 is 0 Å². The topological polar surface area (TPSA) is 0 Å². The van der Waals surface area contributed by atoms with Gasteiger partial charge in [0.05, 0.1) is 0 Å². The van der Waals surface area contributed by atoms with E-state index in [1.807, 2.05) is 0 Å². The highest BCUT2D eigenvalue weighted by Crippen LogP contribution is 2.36. The van der Waals surface area contributed by atoms with Crippen LogP contribution in [0, 0.1) is 3.57 Å². The molecule has 0 spiro atoms. The third kappa shape index (κ3) is 3.30. The zero-order valence-electron chi connectivity index (χ0n) is 16.8. The maximum Gasteiger partial charge on any atom is 0.0209 e. The molecule has 0 aliphatic rings. The summed E-state index contributed by atoms with van der Waals surface area (Å²) in [5, 5.41) is 7.71. The number of fused-ring (bicyclic) bond motifs is 3. The van der Waals surface area contributed by atoms with E-state index in [-0.39, 0.29) is 0 Å². The van der Waals surface area contributed by atoms with E-state index in [2.05, 4.69) is 138 Å². The Morgan fingerprint density at radius 1 is 0.387 bits per heavy atom. The second-order valence-electron chi connectivity index (χ2n) is 7.98. The molecular weight excluding hydrogens is 487 g/mol. The Morgan fingerprint density at radius 2 is 0.935 bits per heavy atom. The maximum absolute atomic E-state index is 2.46. The highest BCUT2D eigenvalue weighted by Gasteiger charge is 2.10. The maximum atomic E-state index is 2.46. The quantitative estimate of drug-likeness (QED) is 0.206. The van der Waals surface area contributed by atoms with Gasteiger partial charge in [0.25, 0.3) is 0 Å². The first-order valence-electron chi connectivity index (χ1n) is 10.5. The van der Waals surface area contributed by atoms with Gasteiger partial charge in [0, 0.05) is 3.57 Å². The lowest BCUT2D eigenvalue weighted by Gasteiger charge is -2.12. The molecule has 0 unspecified atom stereocenters. The van der Waals surface area contributed by atoms with Gasteiger partial charge in [-0.1, -0.05) is 91.0 Å². The summed E-state index contributed by atoms with van der Waals surface area (Å²) in [6.45, 7) is 0. The molecule has 6 aromatic carbocycles. The standard InChI is InChI=1S/C30H19I/c31-30-16-15-27(26-12-10-21-6-2-4-8-23(21)18-26)28-14-13-25(19-29(28)30)24-11-9-20-5-1-3-7-22(20)17-24/h1-19H.